The van der Waals surface area contributed by atoms with Crippen LogP contribution in [0.4, 0.5) is 0 Å². The van der Waals surface area contributed by atoms with Crippen LogP contribution in [0.3, 0.4) is 0 Å². The van der Waals surface area contributed by atoms with Crippen molar-refractivity contribution in [3.63, 3.8) is 0 Å². The van der Waals surface area contributed by atoms with Crippen molar-refractivity contribution < 1.29 is 4.79 Å². The molecule has 0 atom stereocenters. The largest absolute Gasteiger partial charge is 0.302 e. The van der Waals surface area contributed by atoms with Gasteiger partial charge < -0.3 is 4.57 Å². The molecule has 2 heterocycles. The molecule has 0 saturated heterocycles. The number of aromatic nitrogens is 3. The second-order valence-corrected chi connectivity index (χ2v) is 7.10. The van der Waals surface area contributed by atoms with Gasteiger partial charge in [-0.15, -0.1) is 21.5 Å². The maximum absolute atomic E-state index is 10.7. The van der Waals surface area contributed by atoms with Crippen LogP contribution in [0.5, 0.6) is 0 Å². The van der Waals surface area contributed by atoms with E-state index in [4.69, 9.17) is 0 Å². The quantitative estimate of drug-likeness (QED) is 0.791. The van der Waals surface area contributed by atoms with Crippen molar-refractivity contribution in [2.24, 2.45) is 0 Å². The SMILES string of the molecule is O=Cc1cc(Sc2nnc(C3CC3)n2C2CC2)cs1. The highest BCUT2D eigenvalue weighted by Gasteiger charge is 2.36. The summed E-state index contributed by atoms with van der Waals surface area (Å²) in [5.41, 5.74) is 0. The molecule has 0 amide bonds. The summed E-state index contributed by atoms with van der Waals surface area (Å²) in [6.07, 6.45) is 5.89. The first-order valence-electron chi connectivity index (χ1n) is 6.51. The molecule has 2 aromatic heterocycles. The Kier molecular flexibility index (Phi) is 2.73. The first-order chi connectivity index (χ1) is 9.35. The van der Waals surface area contributed by atoms with Gasteiger partial charge in [0.05, 0.1) is 4.88 Å². The van der Waals surface area contributed by atoms with Gasteiger partial charge in [-0.25, -0.2) is 0 Å². The van der Waals surface area contributed by atoms with E-state index in [1.807, 2.05) is 11.4 Å². The average Bonchev–Trinajstić information content (AvgIpc) is 3.35. The Labute approximate surface area is 119 Å². The Morgan fingerprint density at radius 3 is 2.79 bits per heavy atom. The van der Waals surface area contributed by atoms with E-state index in [-0.39, 0.29) is 0 Å². The lowest BCUT2D eigenvalue weighted by Crippen LogP contribution is -2.01. The van der Waals surface area contributed by atoms with Crippen molar-refractivity contribution in [2.45, 2.75) is 47.7 Å². The zero-order valence-electron chi connectivity index (χ0n) is 10.3. The van der Waals surface area contributed by atoms with Gasteiger partial charge in [0.25, 0.3) is 0 Å². The summed E-state index contributed by atoms with van der Waals surface area (Å²) in [5.74, 6) is 1.81. The molecular weight excluding hydrogens is 278 g/mol. The fraction of sp³-hybridized carbons (Fsp3) is 0.462. The molecule has 0 bridgehead atoms. The standard InChI is InChI=1S/C13H13N3OS2/c17-6-10-5-11(7-18-10)19-13-15-14-12(8-1-2-8)16(13)9-3-4-9/h5-9H,1-4H2. The molecule has 2 aliphatic rings. The van der Waals surface area contributed by atoms with E-state index in [0.29, 0.717) is 12.0 Å². The number of rotatable bonds is 5. The zero-order valence-corrected chi connectivity index (χ0v) is 11.9. The third kappa shape index (κ3) is 2.23. The van der Waals surface area contributed by atoms with Gasteiger partial charge in [0.2, 0.25) is 0 Å². The molecule has 4 nitrogen and oxygen atoms in total. The monoisotopic (exact) mass is 291 g/mol. The molecule has 2 saturated carbocycles. The number of carbonyl (C=O) groups is 1. The van der Waals surface area contributed by atoms with Crippen LogP contribution in [0.25, 0.3) is 0 Å². The Bertz CT molecular complexity index is 626. The van der Waals surface area contributed by atoms with Crippen LogP contribution in [0, 0.1) is 0 Å². The highest BCUT2D eigenvalue weighted by molar-refractivity contribution is 7.99. The minimum atomic E-state index is 0.609. The summed E-state index contributed by atoms with van der Waals surface area (Å²) < 4.78 is 2.33. The van der Waals surface area contributed by atoms with Gasteiger partial charge in [-0.2, -0.15) is 0 Å². The van der Waals surface area contributed by atoms with Crippen LogP contribution in [0.2, 0.25) is 0 Å². The zero-order chi connectivity index (χ0) is 12.8. The van der Waals surface area contributed by atoms with Crippen molar-refractivity contribution in [3.05, 3.63) is 22.1 Å². The summed E-state index contributed by atoms with van der Waals surface area (Å²) in [4.78, 5) is 12.6. The Morgan fingerprint density at radius 1 is 1.32 bits per heavy atom. The van der Waals surface area contributed by atoms with Crippen molar-refractivity contribution in [2.75, 3.05) is 0 Å². The van der Waals surface area contributed by atoms with E-state index < -0.39 is 0 Å². The highest BCUT2D eigenvalue weighted by atomic mass is 32.2. The number of hydrogen-bond donors (Lipinski definition) is 0. The third-order valence-electron chi connectivity index (χ3n) is 3.47. The normalized spacial score (nSPS) is 18.7. The van der Waals surface area contributed by atoms with Crippen molar-refractivity contribution in [1.29, 1.82) is 0 Å². The van der Waals surface area contributed by atoms with E-state index in [2.05, 4.69) is 14.8 Å². The molecule has 6 heteroatoms. The lowest BCUT2D eigenvalue weighted by atomic mass is 10.4. The summed E-state index contributed by atoms with van der Waals surface area (Å²) >= 11 is 3.10. The van der Waals surface area contributed by atoms with Gasteiger partial charge in [-0.3, -0.25) is 4.79 Å². The molecule has 0 unspecified atom stereocenters. The third-order valence-corrected chi connectivity index (χ3v) is 5.41. The number of hydrogen-bond acceptors (Lipinski definition) is 5. The predicted octanol–water partition coefficient (Wildman–Crippen LogP) is 3.52. The minimum absolute atomic E-state index is 0.609. The molecule has 2 fully saturated rings. The first-order valence-corrected chi connectivity index (χ1v) is 8.21. The van der Waals surface area contributed by atoms with Gasteiger partial charge in [0, 0.05) is 22.2 Å². The van der Waals surface area contributed by atoms with Crippen LogP contribution in [-0.2, 0) is 0 Å². The van der Waals surface area contributed by atoms with Gasteiger partial charge in [-0.1, -0.05) is 0 Å². The molecule has 0 radical (unpaired) electrons. The maximum atomic E-state index is 10.7. The molecule has 0 aliphatic heterocycles. The minimum Gasteiger partial charge on any atom is -0.302 e. The fourth-order valence-electron chi connectivity index (χ4n) is 2.21. The summed E-state index contributed by atoms with van der Waals surface area (Å²) in [6.45, 7) is 0. The van der Waals surface area contributed by atoms with Gasteiger partial charge >= 0.3 is 0 Å². The molecule has 2 aliphatic carbocycles. The molecular formula is C13H13N3OS2. The first kappa shape index (κ1) is 11.7. The summed E-state index contributed by atoms with van der Waals surface area (Å²) in [5, 5.41) is 11.7. The second kappa shape index (κ2) is 4.45. The summed E-state index contributed by atoms with van der Waals surface area (Å²) in [6, 6.07) is 2.53. The van der Waals surface area contributed by atoms with Crippen LogP contribution >= 0.6 is 23.1 Å². The molecule has 19 heavy (non-hydrogen) atoms. The number of aldehydes is 1. The van der Waals surface area contributed by atoms with E-state index in [0.717, 1.165) is 21.2 Å². The lowest BCUT2D eigenvalue weighted by Gasteiger charge is -2.06. The van der Waals surface area contributed by atoms with E-state index >= 15 is 0 Å². The highest BCUT2D eigenvalue weighted by Crippen LogP contribution is 2.46. The molecule has 98 valence electrons. The van der Waals surface area contributed by atoms with Crippen LogP contribution in [-0.4, -0.2) is 21.1 Å². The number of carbonyl (C=O) groups excluding carboxylic acids is 1. The Morgan fingerprint density at radius 2 is 2.16 bits per heavy atom. The maximum Gasteiger partial charge on any atom is 0.196 e. The number of nitrogens with zero attached hydrogens (tertiary/aromatic N) is 3. The van der Waals surface area contributed by atoms with Crippen molar-refractivity contribution in [3.8, 4) is 0 Å². The topological polar surface area (TPSA) is 47.8 Å². The Hall–Kier alpha value is -1.14. The second-order valence-electron chi connectivity index (χ2n) is 5.12. The predicted molar refractivity (Wildman–Crippen MR) is 74.1 cm³/mol. The molecule has 0 aromatic carbocycles. The summed E-state index contributed by atoms with van der Waals surface area (Å²) in [7, 11) is 0. The van der Waals surface area contributed by atoms with E-state index in [1.165, 1.54) is 42.8 Å². The average molecular weight is 291 g/mol. The van der Waals surface area contributed by atoms with Crippen LogP contribution < -0.4 is 0 Å². The van der Waals surface area contributed by atoms with Gasteiger partial charge in [0.15, 0.2) is 11.4 Å². The van der Waals surface area contributed by atoms with E-state index in [1.54, 1.807) is 11.8 Å². The molecule has 0 spiro atoms. The smallest absolute Gasteiger partial charge is 0.196 e. The molecule has 2 aromatic rings. The van der Waals surface area contributed by atoms with Crippen LogP contribution in [0.1, 0.15) is 53.1 Å². The van der Waals surface area contributed by atoms with E-state index in [9.17, 15) is 4.79 Å². The van der Waals surface area contributed by atoms with Crippen LogP contribution in [0.15, 0.2) is 21.5 Å². The van der Waals surface area contributed by atoms with Crippen molar-refractivity contribution >= 4 is 29.4 Å². The number of thiophene rings is 1. The van der Waals surface area contributed by atoms with Crippen molar-refractivity contribution in [1.82, 2.24) is 14.8 Å². The molecule has 4 rings (SSSR count). The molecule has 0 N–H and O–H groups in total. The lowest BCUT2D eigenvalue weighted by molar-refractivity contribution is 0.112. The van der Waals surface area contributed by atoms with Gasteiger partial charge in [-0.05, 0) is 43.5 Å². The van der Waals surface area contributed by atoms with Gasteiger partial charge in [0.1, 0.15) is 5.82 Å². The Balaban J connectivity index is 1.64. The fourth-order valence-corrected chi connectivity index (χ4v) is 4.01.